The lowest BCUT2D eigenvalue weighted by molar-refractivity contribution is 0.0591. The first-order valence-electron chi connectivity index (χ1n) is 4.63. The second kappa shape index (κ2) is 4.72. The van der Waals surface area contributed by atoms with Crippen molar-refractivity contribution in [2.45, 2.75) is 6.92 Å². The van der Waals surface area contributed by atoms with Gasteiger partial charge in [0.2, 0.25) is 0 Å². The Hall–Kier alpha value is -1.60. The zero-order chi connectivity index (χ0) is 12.4. The minimum Gasteiger partial charge on any atom is -0.464 e. The van der Waals surface area contributed by atoms with Gasteiger partial charge in [0.05, 0.1) is 7.11 Å². The number of aromatic nitrogens is 2. The Balaban J connectivity index is 2.52. The van der Waals surface area contributed by atoms with Crippen LogP contribution < -0.4 is 0 Å². The number of ether oxygens (including phenoxy) is 1. The first-order valence-corrected chi connectivity index (χ1v) is 6.33. The largest absolute Gasteiger partial charge is 0.464 e. The summed E-state index contributed by atoms with van der Waals surface area (Å²) in [5.74, 6) is -0.806. The number of carbonyl (C=O) groups excluding carboxylic acids is 2. The number of methoxy groups -OCH3 is 1. The van der Waals surface area contributed by atoms with Crippen LogP contribution in [0.4, 0.5) is 0 Å². The highest BCUT2D eigenvalue weighted by Crippen LogP contribution is 2.30. The maximum absolute atomic E-state index is 11.5. The fourth-order valence-corrected chi connectivity index (χ4v) is 2.84. The van der Waals surface area contributed by atoms with E-state index in [-0.39, 0.29) is 11.5 Å². The number of thiazole rings is 2. The van der Waals surface area contributed by atoms with Gasteiger partial charge in [-0.05, 0) is 0 Å². The topological polar surface area (TPSA) is 69.2 Å². The van der Waals surface area contributed by atoms with E-state index in [9.17, 15) is 9.59 Å². The second-order valence-corrected chi connectivity index (χ2v) is 4.98. The van der Waals surface area contributed by atoms with Crippen LogP contribution in [0.25, 0.3) is 10.0 Å². The van der Waals surface area contributed by atoms with Gasteiger partial charge < -0.3 is 4.74 Å². The Morgan fingerprint density at radius 2 is 2.12 bits per heavy atom. The molecular formula is C10H8N2O3S2. The smallest absolute Gasteiger partial charge is 0.358 e. The Morgan fingerprint density at radius 3 is 2.65 bits per heavy atom. The van der Waals surface area contributed by atoms with Gasteiger partial charge in [0.25, 0.3) is 0 Å². The molecule has 17 heavy (non-hydrogen) atoms. The molecule has 0 aliphatic heterocycles. The van der Waals surface area contributed by atoms with E-state index in [1.54, 1.807) is 6.20 Å². The summed E-state index contributed by atoms with van der Waals surface area (Å²) >= 11 is 2.56. The monoisotopic (exact) mass is 268 g/mol. The predicted molar refractivity (Wildman–Crippen MR) is 64.6 cm³/mol. The number of ketones is 1. The van der Waals surface area contributed by atoms with Crippen molar-refractivity contribution in [1.29, 1.82) is 0 Å². The fraction of sp³-hybridized carbons (Fsp3) is 0.200. The molecule has 0 aliphatic rings. The summed E-state index contributed by atoms with van der Waals surface area (Å²) in [5, 5.41) is 3.06. The highest BCUT2D eigenvalue weighted by molar-refractivity contribution is 7.21. The van der Waals surface area contributed by atoms with E-state index < -0.39 is 5.97 Å². The molecule has 7 heteroatoms. The standard InChI is InChI=1S/C10H8N2O3S2/c1-5(13)7-6(10(14)15-2)12-9(17-7)8-11-3-4-16-8/h3-4H,1-2H3. The SMILES string of the molecule is COC(=O)c1nc(-c2nccs2)sc1C(C)=O. The van der Waals surface area contributed by atoms with Gasteiger partial charge in [-0.1, -0.05) is 0 Å². The predicted octanol–water partition coefficient (Wildman–Crippen LogP) is 2.26. The minimum absolute atomic E-state index is 0.0650. The number of hydrogen-bond donors (Lipinski definition) is 0. The quantitative estimate of drug-likeness (QED) is 0.631. The zero-order valence-electron chi connectivity index (χ0n) is 9.09. The average molecular weight is 268 g/mol. The Kier molecular flexibility index (Phi) is 3.30. The molecular weight excluding hydrogens is 260 g/mol. The van der Waals surface area contributed by atoms with Crippen LogP contribution in [0.1, 0.15) is 27.1 Å². The van der Waals surface area contributed by atoms with Crippen molar-refractivity contribution < 1.29 is 14.3 Å². The van der Waals surface area contributed by atoms with E-state index in [0.717, 1.165) is 11.3 Å². The van der Waals surface area contributed by atoms with E-state index in [2.05, 4.69) is 14.7 Å². The second-order valence-electron chi connectivity index (χ2n) is 3.08. The molecule has 0 spiro atoms. The van der Waals surface area contributed by atoms with Crippen LogP contribution in [-0.4, -0.2) is 28.8 Å². The summed E-state index contributed by atoms with van der Waals surface area (Å²) < 4.78 is 4.59. The molecule has 0 atom stereocenters. The van der Waals surface area contributed by atoms with Gasteiger partial charge >= 0.3 is 5.97 Å². The molecule has 2 heterocycles. The van der Waals surface area contributed by atoms with Gasteiger partial charge in [0.15, 0.2) is 21.5 Å². The molecule has 0 N–H and O–H groups in total. The summed E-state index contributed by atoms with van der Waals surface area (Å²) in [6.07, 6.45) is 1.65. The third kappa shape index (κ3) is 2.25. The van der Waals surface area contributed by atoms with Crippen molar-refractivity contribution in [3.8, 4) is 10.0 Å². The van der Waals surface area contributed by atoms with Gasteiger partial charge in [0, 0.05) is 18.5 Å². The lowest BCUT2D eigenvalue weighted by Gasteiger charge is -1.95. The van der Waals surface area contributed by atoms with Gasteiger partial charge in [0.1, 0.15) is 4.88 Å². The molecule has 0 saturated heterocycles. The van der Waals surface area contributed by atoms with Crippen molar-refractivity contribution in [2.75, 3.05) is 7.11 Å². The minimum atomic E-state index is -0.603. The first-order chi connectivity index (χ1) is 8.13. The first kappa shape index (κ1) is 11.9. The number of Topliss-reactive ketones (excluding diaryl/α,β-unsaturated/α-hetero) is 1. The number of hydrogen-bond acceptors (Lipinski definition) is 7. The molecule has 0 aliphatic carbocycles. The summed E-state index contributed by atoms with van der Waals surface area (Å²) in [6, 6.07) is 0. The van der Waals surface area contributed by atoms with Crippen LogP contribution in [0.2, 0.25) is 0 Å². The lowest BCUT2D eigenvalue weighted by Crippen LogP contribution is -2.06. The van der Waals surface area contributed by atoms with E-state index in [1.165, 1.54) is 25.4 Å². The molecule has 88 valence electrons. The van der Waals surface area contributed by atoms with Crippen LogP contribution in [0.3, 0.4) is 0 Å². The zero-order valence-corrected chi connectivity index (χ0v) is 10.7. The summed E-state index contributed by atoms with van der Waals surface area (Å²) in [5.41, 5.74) is 0.0650. The molecule has 0 amide bonds. The van der Waals surface area contributed by atoms with Crippen LogP contribution in [-0.2, 0) is 4.74 Å². The van der Waals surface area contributed by atoms with Crippen molar-refractivity contribution in [1.82, 2.24) is 9.97 Å². The normalized spacial score (nSPS) is 10.2. The molecule has 2 rings (SSSR count). The van der Waals surface area contributed by atoms with E-state index >= 15 is 0 Å². The Morgan fingerprint density at radius 1 is 1.35 bits per heavy atom. The van der Waals surface area contributed by atoms with Crippen molar-refractivity contribution in [3.05, 3.63) is 22.1 Å². The summed E-state index contributed by atoms with van der Waals surface area (Å²) in [7, 11) is 1.26. The highest BCUT2D eigenvalue weighted by Gasteiger charge is 2.22. The van der Waals surface area contributed by atoms with Gasteiger partial charge in [-0.2, -0.15) is 0 Å². The number of esters is 1. The third-order valence-electron chi connectivity index (χ3n) is 1.94. The van der Waals surface area contributed by atoms with E-state index in [0.29, 0.717) is 14.9 Å². The molecule has 5 nitrogen and oxygen atoms in total. The molecule has 0 bridgehead atoms. The van der Waals surface area contributed by atoms with E-state index in [1.807, 2.05) is 5.38 Å². The number of carbonyl (C=O) groups is 2. The van der Waals surface area contributed by atoms with Gasteiger partial charge in [-0.15, -0.1) is 22.7 Å². The Bertz CT molecular complexity index is 560. The van der Waals surface area contributed by atoms with E-state index in [4.69, 9.17) is 0 Å². The van der Waals surface area contributed by atoms with Gasteiger partial charge in [-0.3, -0.25) is 4.79 Å². The number of rotatable bonds is 3. The maximum atomic E-state index is 11.5. The van der Waals surface area contributed by atoms with Gasteiger partial charge in [-0.25, -0.2) is 14.8 Å². The molecule has 0 radical (unpaired) electrons. The number of nitrogens with zero attached hydrogens (tertiary/aromatic N) is 2. The lowest BCUT2D eigenvalue weighted by atomic mass is 10.3. The molecule has 2 aromatic rings. The van der Waals surface area contributed by atoms with Crippen LogP contribution in [0, 0.1) is 0 Å². The molecule has 2 aromatic heterocycles. The summed E-state index contributed by atoms with van der Waals surface area (Å²) in [6.45, 7) is 1.39. The average Bonchev–Trinajstić information content (AvgIpc) is 2.95. The van der Waals surface area contributed by atoms with Crippen molar-refractivity contribution in [2.24, 2.45) is 0 Å². The highest BCUT2D eigenvalue weighted by atomic mass is 32.1. The Labute approximate surface area is 105 Å². The molecule has 0 unspecified atom stereocenters. The maximum Gasteiger partial charge on any atom is 0.358 e. The third-order valence-corrected chi connectivity index (χ3v) is 4.01. The van der Waals surface area contributed by atoms with Crippen molar-refractivity contribution in [3.63, 3.8) is 0 Å². The molecule has 0 aromatic carbocycles. The van der Waals surface area contributed by atoms with Crippen LogP contribution in [0.5, 0.6) is 0 Å². The van der Waals surface area contributed by atoms with Crippen LogP contribution >= 0.6 is 22.7 Å². The summed E-state index contributed by atoms with van der Waals surface area (Å²) in [4.78, 5) is 31.4. The molecule has 0 saturated carbocycles. The molecule has 0 fully saturated rings. The van der Waals surface area contributed by atoms with Crippen LogP contribution in [0.15, 0.2) is 11.6 Å². The van der Waals surface area contributed by atoms with Crippen molar-refractivity contribution >= 4 is 34.4 Å². The fourth-order valence-electron chi connectivity index (χ4n) is 1.21.